The fraction of sp³-hybridized carbons (Fsp3) is 0.440. The molecule has 174 valence electrons. The fourth-order valence-corrected chi connectivity index (χ4v) is 5.76. The molecule has 34 heavy (non-hydrogen) atoms. The summed E-state index contributed by atoms with van der Waals surface area (Å²) in [4.78, 5) is 20.8. The first-order valence-electron chi connectivity index (χ1n) is 12.0. The number of nitrogens with two attached hydrogens (primary N) is 1. The van der Waals surface area contributed by atoms with Gasteiger partial charge in [-0.3, -0.25) is 0 Å². The smallest absolute Gasteiger partial charge is 0.324 e. The molecule has 1 saturated heterocycles. The van der Waals surface area contributed by atoms with Crippen molar-refractivity contribution in [2.45, 2.75) is 37.6 Å². The molecular formula is C25H26FN7O. The SMILES string of the molecule is CNc1cc(F)cc2c1Cc1nc(Oc3cnc(C4CC4)nc3)nc(N3CC4C[C@@H](N)C4C3)c1-2. The second-order valence-electron chi connectivity index (χ2n) is 9.94. The van der Waals surface area contributed by atoms with Crippen LogP contribution in [0.2, 0.25) is 0 Å². The highest BCUT2D eigenvalue weighted by atomic mass is 19.1. The fourth-order valence-electron chi connectivity index (χ4n) is 5.76. The molecular weight excluding hydrogens is 433 g/mol. The van der Waals surface area contributed by atoms with E-state index >= 15 is 0 Å². The standard InChI is InChI=1S/C25H26FN7O/c1-28-20-6-14(26)5-17-16(20)7-21-22(17)24(33-10-13-4-19(27)18(13)11-33)32-25(31-21)34-15-8-29-23(30-9-15)12-2-3-12/h5-6,8-9,12-13,18-19,28H,2-4,7,10-11,27H2,1H3/t13?,18?,19-/m1/s1. The van der Waals surface area contributed by atoms with Gasteiger partial charge in [-0.25, -0.2) is 14.4 Å². The number of ether oxygens (including phenoxy) is 1. The lowest BCUT2D eigenvalue weighted by Gasteiger charge is -2.36. The monoisotopic (exact) mass is 459 g/mol. The van der Waals surface area contributed by atoms with Crippen molar-refractivity contribution < 1.29 is 9.13 Å². The van der Waals surface area contributed by atoms with Gasteiger partial charge < -0.3 is 20.7 Å². The molecule has 0 bridgehead atoms. The molecule has 3 aromatic rings. The van der Waals surface area contributed by atoms with Crippen molar-refractivity contribution in [3.63, 3.8) is 0 Å². The quantitative estimate of drug-likeness (QED) is 0.468. The zero-order valence-electron chi connectivity index (χ0n) is 19.0. The van der Waals surface area contributed by atoms with E-state index in [9.17, 15) is 4.39 Å². The van der Waals surface area contributed by atoms with E-state index in [1.165, 1.54) is 6.07 Å². The van der Waals surface area contributed by atoms with Gasteiger partial charge in [0.15, 0.2) is 5.75 Å². The van der Waals surface area contributed by atoms with Crippen LogP contribution in [-0.4, -0.2) is 46.1 Å². The number of rotatable bonds is 5. The van der Waals surface area contributed by atoms with Gasteiger partial charge in [0.05, 0.1) is 18.1 Å². The van der Waals surface area contributed by atoms with Crippen LogP contribution in [0.3, 0.4) is 0 Å². The van der Waals surface area contributed by atoms with Crippen molar-refractivity contribution >= 4 is 11.5 Å². The lowest BCUT2D eigenvalue weighted by atomic mass is 9.72. The molecule has 2 saturated carbocycles. The van der Waals surface area contributed by atoms with Gasteiger partial charge in [0.25, 0.3) is 0 Å². The van der Waals surface area contributed by atoms with Gasteiger partial charge in [-0.15, -0.1) is 0 Å². The Morgan fingerprint density at radius 2 is 1.97 bits per heavy atom. The summed E-state index contributed by atoms with van der Waals surface area (Å²) in [7, 11) is 1.81. The summed E-state index contributed by atoms with van der Waals surface area (Å²) in [6.45, 7) is 1.74. The molecule has 3 atom stereocenters. The van der Waals surface area contributed by atoms with Gasteiger partial charge in [0, 0.05) is 49.8 Å². The molecule has 1 aliphatic heterocycles. The number of nitrogens with one attached hydrogen (secondary N) is 1. The van der Waals surface area contributed by atoms with Crippen LogP contribution in [0, 0.1) is 17.7 Å². The summed E-state index contributed by atoms with van der Waals surface area (Å²) in [5.74, 6) is 3.42. The van der Waals surface area contributed by atoms with E-state index in [4.69, 9.17) is 20.4 Å². The number of benzene rings is 1. The molecule has 0 amide bonds. The number of anilines is 2. The molecule has 4 aliphatic rings. The zero-order chi connectivity index (χ0) is 23.0. The Morgan fingerprint density at radius 1 is 1.15 bits per heavy atom. The molecule has 0 spiro atoms. The first-order valence-corrected chi connectivity index (χ1v) is 12.0. The molecule has 3 aliphatic carbocycles. The first-order chi connectivity index (χ1) is 16.6. The normalized spacial score (nSPS) is 24.3. The minimum atomic E-state index is -0.279. The second kappa shape index (κ2) is 7.33. The molecule has 1 aromatic carbocycles. The van der Waals surface area contributed by atoms with Crippen molar-refractivity contribution in [1.82, 2.24) is 19.9 Å². The molecule has 3 N–H and O–H groups in total. The predicted octanol–water partition coefficient (Wildman–Crippen LogP) is 3.47. The van der Waals surface area contributed by atoms with Crippen LogP contribution in [-0.2, 0) is 6.42 Å². The average Bonchev–Trinajstić information content (AvgIpc) is 3.53. The summed E-state index contributed by atoms with van der Waals surface area (Å²) in [5, 5.41) is 3.13. The van der Waals surface area contributed by atoms with Crippen LogP contribution in [0.4, 0.5) is 15.9 Å². The summed E-state index contributed by atoms with van der Waals surface area (Å²) >= 11 is 0. The molecule has 3 heterocycles. The Labute approximate surface area is 196 Å². The third-order valence-corrected chi connectivity index (χ3v) is 7.76. The van der Waals surface area contributed by atoms with Gasteiger partial charge in [0.1, 0.15) is 17.5 Å². The average molecular weight is 460 g/mol. The number of fused-ring (bicyclic) bond motifs is 4. The Kier molecular flexibility index (Phi) is 4.33. The maximum Gasteiger partial charge on any atom is 0.324 e. The van der Waals surface area contributed by atoms with Crippen LogP contribution >= 0.6 is 0 Å². The molecule has 2 aromatic heterocycles. The van der Waals surface area contributed by atoms with Crippen molar-refractivity contribution in [2.75, 3.05) is 30.4 Å². The van der Waals surface area contributed by atoms with Gasteiger partial charge in [-0.2, -0.15) is 9.97 Å². The van der Waals surface area contributed by atoms with Crippen molar-refractivity contribution in [1.29, 1.82) is 0 Å². The minimum absolute atomic E-state index is 0.239. The van der Waals surface area contributed by atoms with Crippen LogP contribution in [0.15, 0.2) is 24.5 Å². The third kappa shape index (κ3) is 3.14. The summed E-state index contributed by atoms with van der Waals surface area (Å²) < 4.78 is 20.5. The molecule has 2 unspecified atom stereocenters. The maximum atomic E-state index is 14.5. The number of hydrogen-bond acceptors (Lipinski definition) is 8. The molecule has 7 rings (SSSR count). The van der Waals surface area contributed by atoms with Crippen LogP contribution < -0.4 is 20.7 Å². The zero-order valence-corrected chi connectivity index (χ0v) is 19.0. The lowest BCUT2D eigenvalue weighted by molar-refractivity contribution is 0.194. The summed E-state index contributed by atoms with van der Waals surface area (Å²) in [6.07, 6.45) is 7.30. The van der Waals surface area contributed by atoms with Crippen molar-refractivity contribution in [3.05, 3.63) is 47.4 Å². The third-order valence-electron chi connectivity index (χ3n) is 7.76. The largest absolute Gasteiger partial charge is 0.421 e. The van der Waals surface area contributed by atoms with E-state index in [1.807, 2.05) is 7.05 Å². The lowest BCUT2D eigenvalue weighted by Crippen LogP contribution is -2.46. The van der Waals surface area contributed by atoms with E-state index in [-0.39, 0.29) is 17.9 Å². The molecule has 3 fully saturated rings. The molecule has 9 heteroatoms. The van der Waals surface area contributed by atoms with E-state index in [0.29, 0.717) is 29.9 Å². The number of aromatic nitrogens is 4. The van der Waals surface area contributed by atoms with Gasteiger partial charge in [-0.1, -0.05) is 0 Å². The van der Waals surface area contributed by atoms with Gasteiger partial charge in [0.2, 0.25) is 0 Å². The summed E-state index contributed by atoms with van der Waals surface area (Å²) in [6, 6.07) is 3.63. The maximum absolute atomic E-state index is 14.5. The topological polar surface area (TPSA) is 102 Å². The van der Waals surface area contributed by atoms with E-state index in [1.54, 1.807) is 18.5 Å². The number of nitrogens with zero attached hydrogens (tertiary/aromatic N) is 5. The van der Waals surface area contributed by atoms with Gasteiger partial charge >= 0.3 is 6.01 Å². The van der Waals surface area contributed by atoms with E-state index < -0.39 is 0 Å². The highest BCUT2D eigenvalue weighted by molar-refractivity contribution is 5.88. The van der Waals surface area contributed by atoms with Crippen LogP contribution in [0.25, 0.3) is 11.1 Å². The molecule has 8 nitrogen and oxygen atoms in total. The number of hydrogen-bond donors (Lipinski definition) is 2. The van der Waals surface area contributed by atoms with Crippen molar-refractivity contribution in [2.24, 2.45) is 17.6 Å². The van der Waals surface area contributed by atoms with Gasteiger partial charge in [-0.05, 0) is 54.4 Å². The van der Waals surface area contributed by atoms with E-state index in [2.05, 4.69) is 20.2 Å². The predicted molar refractivity (Wildman–Crippen MR) is 126 cm³/mol. The second-order valence-corrected chi connectivity index (χ2v) is 9.94. The Hall–Kier alpha value is -3.33. The van der Waals surface area contributed by atoms with Crippen molar-refractivity contribution in [3.8, 4) is 22.9 Å². The Bertz CT molecular complexity index is 1290. The summed E-state index contributed by atoms with van der Waals surface area (Å²) in [5.41, 5.74) is 10.7. The van der Waals surface area contributed by atoms with Crippen LogP contribution in [0.5, 0.6) is 11.8 Å². The molecule has 0 radical (unpaired) electrons. The Morgan fingerprint density at radius 3 is 2.68 bits per heavy atom. The first kappa shape index (κ1) is 20.1. The highest BCUT2D eigenvalue weighted by Gasteiger charge is 2.46. The number of halogens is 1. The highest BCUT2D eigenvalue weighted by Crippen LogP contribution is 2.48. The van der Waals surface area contributed by atoms with Crippen LogP contribution in [0.1, 0.15) is 42.3 Å². The van der Waals surface area contributed by atoms with E-state index in [0.717, 1.165) is 72.1 Å². The Balaban J connectivity index is 1.29. The minimum Gasteiger partial charge on any atom is -0.421 e.